The number of carbonyl (C=O) groups is 2. The minimum Gasteiger partial charge on any atom is -0.480 e. The van der Waals surface area contributed by atoms with E-state index >= 15 is 0 Å². The predicted molar refractivity (Wildman–Crippen MR) is 66.9 cm³/mol. The molecule has 1 aromatic carbocycles. The number of para-hydroxylation sites is 1. The van der Waals surface area contributed by atoms with Crippen LogP contribution in [-0.4, -0.2) is 41.6 Å². The van der Waals surface area contributed by atoms with E-state index in [0.717, 1.165) is 4.90 Å². The predicted octanol–water partition coefficient (Wildman–Crippen LogP) is 2.22. The van der Waals surface area contributed by atoms with Crippen molar-refractivity contribution >= 4 is 11.9 Å². The fourth-order valence-corrected chi connectivity index (χ4v) is 1.70. The molecule has 0 heterocycles. The molecule has 0 radical (unpaired) electrons. The van der Waals surface area contributed by atoms with Gasteiger partial charge in [0.05, 0.1) is 5.56 Å². The van der Waals surface area contributed by atoms with E-state index in [4.69, 9.17) is 5.11 Å². The molecule has 0 spiro atoms. The van der Waals surface area contributed by atoms with Crippen LogP contribution in [0.25, 0.3) is 0 Å². The van der Waals surface area contributed by atoms with Crippen molar-refractivity contribution in [3.05, 3.63) is 29.8 Å². The first-order valence-corrected chi connectivity index (χ1v) is 6.00. The summed E-state index contributed by atoms with van der Waals surface area (Å²) in [6, 6.07) is 5.52. The first kappa shape index (κ1) is 15.9. The van der Waals surface area contributed by atoms with Crippen LogP contribution in [0.4, 0.5) is 8.78 Å². The fourth-order valence-electron chi connectivity index (χ4n) is 1.70. The van der Waals surface area contributed by atoms with Gasteiger partial charge in [-0.15, -0.1) is 0 Å². The second-order valence-corrected chi connectivity index (χ2v) is 4.00. The average Bonchev–Trinajstić information content (AvgIpc) is 2.37. The molecule has 0 fully saturated rings. The van der Waals surface area contributed by atoms with Crippen molar-refractivity contribution in [1.29, 1.82) is 0 Å². The van der Waals surface area contributed by atoms with Gasteiger partial charge in [0.15, 0.2) is 0 Å². The van der Waals surface area contributed by atoms with Gasteiger partial charge in [-0.25, -0.2) is 0 Å². The normalized spacial score (nSPS) is 10.4. The second kappa shape index (κ2) is 7.42. The summed E-state index contributed by atoms with van der Waals surface area (Å²) in [5.74, 6) is -2.08. The number of nitrogens with zero attached hydrogens (tertiary/aromatic N) is 1. The molecule has 7 heteroatoms. The largest absolute Gasteiger partial charge is 0.480 e. The van der Waals surface area contributed by atoms with E-state index in [0.29, 0.717) is 6.42 Å². The van der Waals surface area contributed by atoms with E-state index in [1.54, 1.807) is 6.92 Å². The third kappa shape index (κ3) is 4.49. The van der Waals surface area contributed by atoms with Crippen molar-refractivity contribution in [2.75, 3.05) is 13.1 Å². The smallest absolute Gasteiger partial charge is 0.387 e. The Morgan fingerprint density at radius 2 is 2.00 bits per heavy atom. The molecule has 0 bridgehead atoms. The summed E-state index contributed by atoms with van der Waals surface area (Å²) >= 11 is 0. The molecule has 0 atom stereocenters. The number of carboxylic acid groups (broad SMARTS) is 1. The van der Waals surface area contributed by atoms with E-state index in [-0.39, 0.29) is 17.9 Å². The molecule has 0 aliphatic rings. The van der Waals surface area contributed by atoms with Crippen molar-refractivity contribution in [3.8, 4) is 5.75 Å². The van der Waals surface area contributed by atoms with Gasteiger partial charge < -0.3 is 14.7 Å². The molecule has 0 unspecified atom stereocenters. The Kier molecular flexibility index (Phi) is 5.89. The van der Waals surface area contributed by atoms with Crippen molar-refractivity contribution in [2.45, 2.75) is 20.0 Å². The average molecular weight is 287 g/mol. The van der Waals surface area contributed by atoms with Crippen LogP contribution in [0.3, 0.4) is 0 Å². The zero-order valence-corrected chi connectivity index (χ0v) is 10.9. The van der Waals surface area contributed by atoms with Gasteiger partial charge in [0.25, 0.3) is 5.91 Å². The van der Waals surface area contributed by atoms with Crippen LogP contribution >= 0.6 is 0 Å². The molecular weight excluding hydrogens is 272 g/mol. The quantitative estimate of drug-likeness (QED) is 0.835. The third-order valence-electron chi connectivity index (χ3n) is 2.44. The summed E-state index contributed by atoms with van der Waals surface area (Å²) < 4.78 is 28.8. The number of halogens is 2. The highest BCUT2D eigenvalue weighted by atomic mass is 19.3. The molecule has 20 heavy (non-hydrogen) atoms. The molecule has 0 aliphatic heterocycles. The molecular formula is C13H15F2NO4. The Labute approximate surface area is 114 Å². The van der Waals surface area contributed by atoms with Gasteiger partial charge in [0, 0.05) is 6.54 Å². The third-order valence-corrected chi connectivity index (χ3v) is 2.44. The van der Waals surface area contributed by atoms with Gasteiger partial charge in [-0.1, -0.05) is 19.1 Å². The molecule has 1 N–H and O–H groups in total. The molecule has 0 saturated heterocycles. The van der Waals surface area contributed by atoms with Crippen molar-refractivity contribution < 1.29 is 28.2 Å². The molecule has 1 rings (SSSR count). The molecule has 1 aromatic rings. The van der Waals surface area contributed by atoms with Gasteiger partial charge in [0.2, 0.25) is 0 Å². The summed E-state index contributed by atoms with van der Waals surface area (Å²) in [5, 5.41) is 8.78. The van der Waals surface area contributed by atoms with E-state index in [1.807, 2.05) is 0 Å². The summed E-state index contributed by atoms with van der Waals surface area (Å²) in [7, 11) is 0. The standard InChI is InChI=1S/C13H15F2NO4/c1-2-7-16(8-11(17)18)12(19)9-5-3-4-6-10(9)20-13(14)15/h3-6,13H,2,7-8H2,1H3,(H,17,18). The van der Waals surface area contributed by atoms with E-state index in [9.17, 15) is 18.4 Å². The molecule has 1 amide bonds. The maximum atomic E-state index is 12.3. The number of carboxylic acids is 1. The number of carbonyl (C=O) groups excluding carboxylic acids is 1. The van der Waals surface area contributed by atoms with E-state index in [1.165, 1.54) is 24.3 Å². The first-order chi connectivity index (χ1) is 9.45. The van der Waals surface area contributed by atoms with Gasteiger partial charge in [-0.2, -0.15) is 8.78 Å². The first-order valence-electron chi connectivity index (χ1n) is 6.00. The van der Waals surface area contributed by atoms with Crippen LogP contribution in [-0.2, 0) is 4.79 Å². The minimum atomic E-state index is -3.05. The number of rotatable bonds is 7. The number of ether oxygens (including phenoxy) is 1. The Hall–Kier alpha value is -2.18. The zero-order chi connectivity index (χ0) is 15.1. The number of hydrogen-bond donors (Lipinski definition) is 1. The number of aliphatic carboxylic acids is 1. The summed E-state index contributed by atoms with van der Waals surface area (Å²) in [6.07, 6.45) is 0.552. The second-order valence-electron chi connectivity index (χ2n) is 4.00. The topological polar surface area (TPSA) is 66.8 Å². The minimum absolute atomic E-state index is 0.0810. The Balaban J connectivity index is 3.01. The molecule has 0 saturated carbocycles. The van der Waals surface area contributed by atoms with Gasteiger partial charge >= 0.3 is 12.6 Å². The Bertz CT molecular complexity index is 479. The van der Waals surface area contributed by atoms with Crippen LogP contribution in [0, 0.1) is 0 Å². The number of amides is 1. The highest BCUT2D eigenvalue weighted by Crippen LogP contribution is 2.22. The maximum absolute atomic E-state index is 12.3. The van der Waals surface area contributed by atoms with Crippen LogP contribution in [0.1, 0.15) is 23.7 Å². The lowest BCUT2D eigenvalue weighted by Crippen LogP contribution is -2.36. The molecule has 110 valence electrons. The van der Waals surface area contributed by atoms with Gasteiger partial charge in [-0.05, 0) is 18.6 Å². The van der Waals surface area contributed by atoms with Crippen molar-refractivity contribution in [3.63, 3.8) is 0 Å². The van der Waals surface area contributed by atoms with Crippen molar-refractivity contribution in [2.24, 2.45) is 0 Å². The lowest BCUT2D eigenvalue weighted by atomic mass is 10.1. The maximum Gasteiger partial charge on any atom is 0.387 e. The lowest BCUT2D eigenvalue weighted by molar-refractivity contribution is -0.137. The van der Waals surface area contributed by atoms with E-state index < -0.39 is 25.0 Å². The highest BCUT2D eigenvalue weighted by Gasteiger charge is 2.22. The zero-order valence-electron chi connectivity index (χ0n) is 10.9. The van der Waals surface area contributed by atoms with E-state index in [2.05, 4.69) is 4.74 Å². The summed E-state index contributed by atoms with van der Waals surface area (Å²) in [6.45, 7) is -1.55. The Morgan fingerprint density at radius 3 is 2.55 bits per heavy atom. The Morgan fingerprint density at radius 1 is 1.35 bits per heavy atom. The monoisotopic (exact) mass is 287 g/mol. The van der Waals surface area contributed by atoms with Crippen LogP contribution < -0.4 is 4.74 Å². The molecule has 5 nitrogen and oxygen atoms in total. The number of benzene rings is 1. The van der Waals surface area contributed by atoms with Gasteiger partial charge in [-0.3, -0.25) is 9.59 Å². The highest BCUT2D eigenvalue weighted by molar-refractivity contribution is 5.98. The number of hydrogen-bond acceptors (Lipinski definition) is 3. The number of alkyl halides is 2. The van der Waals surface area contributed by atoms with Crippen molar-refractivity contribution in [1.82, 2.24) is 4.90 Å². The lowest BCUT2D eigenvalue weighted by Gasteiger charge is -2.21. The fraction of sp³-hybridized carbons (Fsp3) is 0.385. The summed E-state index contributed by atoms with van der Waals surface area (Å²) in [5.41, 5.74) is -0.0810. The SMILES string of the molecule is CCCN(CC(=O)O)C(=O)c1ccccc1OC(F)F. The van der Waals surface area contributed by atoms with Crippen LogP contribution in [0.15, 0.2) is 24.3 Å². The molecule has 0 aromatic heterocycles. The summed E-state index contributed by atoms with van der Waals surface area (Å²) in [4.78, 5) is 24.0. The van der Waals surface area contributed by atoms with Crippen LogP contribution in [0.2, 0.25) is 0 Å². The van der Waals surface area contributed by atoms with Gasteiger partial charge in [0.1, 0.15) is 12.3 Å². The van der Waals surface area contributed by atoms with Crippen LogP contribution in [0.5, 0.6) is 5.75 Å². The molecule has 0 aliphatic carbocycles.